The van der Waals surface area contributed by atoms with Gasteiger partial charge in [-0.3, -0.25) is 0 Å². The van der Waals surface area contributed by atoms with Gasteiger partial charge in [-0.05, 0) is 123 Å². The molecule has 3 fully saturated rings. The Kier molecular flexibility index (Phi) is 17.1. The van der Waals surface area contributed by atoms with Crippen molar-refractivity contribution in [3.8, 4) is 0 Å². The van der Waals surface area contributed by atoms with Gasteiger partial charge in [0.25, 0.3) is 0 Å². The Bertz CT molecular complexity index is 1010. The molecule has 8 atom stereocenters. The van der Waals surface area contributed by atoms with Crippen LogP contribution >= 0.6 is 0 Å². The molecule has 0 N–H and O–H groups in total. The van der Waals surface area contributed by atoms with E-state index >= 15 is 0 Å². The number of carbonyl (C=O) groups excluding carboxylic acids is 1. The van der Waals surface area contributed by atoms with Crippen molar-refractivity contribution >= 4 is 6.16 Å². The van der Waals surface area contributed by atoms with Gasteiger partial charge in [-0.1, -0.05) is 142 Å². The Labute approximate surface area is 304 Å². The molecule has 0 radical (unpaired) electrons. The number of carbonyl (C=O) groups is 1. The molecule has 0 aromatic rings. The second kappa shape index (κ2) is 20.7. The molecule has 0 aromatic heterocycles. The molecule has 0 aliphatic heterocycles. The largest absolute Gasteiger partial charge is 0.508 e. The molecule has 49 heavy (non-hydrogen) atoms. The molecule has 4 aliphatic rings. The van der Waals surface area contributed by atoms with Gasteiger partial charge in [0.05, 0.1) is 6.61 Å². The van der Waals surface area contributed by atoms with E-state index in [-0.39, 0.29) is 6.10 Å². The first-order chi connectivity index (χ1) is 23.7. The molecular weight excluding hydrogens is 601 g/mol. The molecule has 3 nitrogen and oxygen atoms in total. The van der Waals surface area contributed by atoms with Crippen LogP contribution in [0.2, 0.25) is 0 Å². The monoisotopic (exact) mass is 681 g/mol. The molecule has 0 bridgehead atoms. The van der Waals surface area contributed by atoms with Crippen LogP contribution in [0, 0.1) is 46.3 Å². The van der Waals surface area contributed by atoms with Gasteiger partial charge in [0.15, 0.2) is 0 Å². The van der Waals surface area contributed by atoms with Gasteiger partial charge < -0.3 is 9.47 Å². The average molecular weight is 681 g/mol. The Balaban J connectivity index is 1.08. The summed E-state index contributed by atoms with van der Waals surface area (Å²) in [7, 11) is 0. The minimum Gasteiger partial charge on any atom is -0.434 e. The number of hydrogen-bond acceptors (Lipinski definition) is 3. The maximum Gasteiger partial charge on any atom is 0.508 e. The van der Waals surface area contributed by atoms with Crippen molar-refractivity contribution in [2.45, 2.75) is 208 Å². The first-order valence-electron chi connectivity index (χ1n) is 21.9. The molecule has 0 amide bonds. The molecule has 0 spiro atoms. The van der Waals surface area contributed by atoms with E-state index in [1.165, 1.54) is 128 Å². The topological polar surface area (TPSA) is 35.5 Å². The lowest BCUT2D eigenvalue weighted by atomic mass is 9.47. The van der Waals surface area contributed by atoms with E-state index in [0.29, 0.717) is 17.4 Å². The molecule has 4 aliphatic carbocycles. The number of ether oxygens (including phenoxy) is 2. The summed E-state index contributed by atoms with van der Waals surface area (Å²) in [4.78, 5) is 12.6. The summed E-state index contributed by atoms with van der Waals surface area (Å²) >= 11 is 0. The molecule has 0 unspecified atom stereocenters. The SMILES string of the molecule is CCCCCCCC/C=C/CCCCCCCCOC(=O)O[C@H]1CC[C@@]2(C)C(=CC[C@H]3[C@@H]4CC[C@H]([C@@H](C)CCCC(C)C)[C@@]4(C)CC[C@@H]32)C1. The van der Waals surface area contributed by atoms with Gasteiger partial charge in [-0.15, -0.1) is 0 Å². The maximum atomic E-state index is 12.6. The summed E-state index contributed by atoms with van der Waals surface area (Å²) in [6.07, 6.45) is 39.2. The Hall–Kier alpha value is -1.25. The van der Waals surface area contributed by atoms with Crippen molar-refractivity contribution in [1.29, 1.82) is 0 Å². The Morgan fingerprint density at radius 3 is 2.16 bits per heavy atom. The van der Waals surface area contributed by atoms with Gasteiger partial charge in [-0.25, -0.2) is 4.79 Å². The van der Waals surface area contributed by atoms with Crippen molar-refractivity contribution in [1.82, 2.24) is 0 Å². The van der Waals surface area contributed by atoms with Crippen LogP contribution in [0.3, 0.4) is 0 Å². The number of unbranched alkanes of at least 4 members (excludes halogenated alkanes) is 12. The minimum absolute atomic E-state index is 0.0142. The van der Waals surface area contributed by atoms with Crippen LogP contribution in [0.25, 0.3) is 0 Å². The lowest BCUT2D eigenvalue weighted by molar-refractivity contribution is -0.0617. The summed E-state index contributed by atoms with van der Waals surface area (Å²) in [5.41, 5.74) is 2.42. The van der Waals surface area contributed by atoms with E-state index < -0.39 is 6.16 Å². The van der Waals surface area contributed by atoms with Crippen LogP contribution in [0.5, 0.6) is 0 Å². The number of hydrogen-bond donors (Lipinski definition) is 0. The lowest BCUT2D eigenvalue weighted by Crippen LogP contribution is -2.51. The number of rotatable bonds is 22. The molecule has 3 saturated carbocycles. The van der Waals surface area contributed by atoms with E-state index in [1.807, 2.05) is 0 Å². The maximum absolute atomic E-state index is 12.6. The van der Waals surface area contributed by atoms with Crippen molar-refractivity contribution < 1.29 is 14.3 Å². The first kappa shape index (κ1) is 40.5. The standard InChI is InChI=1S/C46H80O3/c1-7-8-9-10-11-12-13-14-15-16-17-18-19-20-21-22-34-48-44(47)49-39-30-32-45(5)38(35-39)26-27-40-42-29-28-41(37(4)25-23-24-36(2)3)46(42,6)33-31-43(40)45/h14-15,26,36-37,39-43H,7-13,16-25,27-35H2,1-6H3/b15-14+/t37-,39-,40-,41+,42-,43-,45-,46+/m0/s1. The second-order valence-electron chi connectivity index (χ2n) is 18.3. The van der Waals surface area contributed by atoms with Crippen LogP contribution in [0.1, 0.15) is 202 Å². The molecule has 0 aromatic carbocycles. The third kappa shape index (κ3) is 11.6. The molecular formula is C46H80O3. The van der Waals surface area contributed by atoms with Crippen molar-refractivity contribution in [2.75, 3.05) is 6.61 Å². The van der Waals surface area contributed by atoms with E-state index in [4.69, 9.17) is 9.47 Å². The van der Waals surface area contributed by atoms with E-state index in [0.717, 1.165) is 67.6 Å². The fourth-order valence-corrected chi connectivity index (χ4v) is 11.4. The fraction of sp³-hybridized carbons (Fsp3) is 0.891. The second-order valence-corrected chi connectivity index (χ2v) is 18.3. The normalized spacial score (nSPS) is 31.7. The van der Waals surface area contributed by atoms with Crippen molar-refractivity contribution in [3.05, 3.63) is 23.8 Å². The first-order valence-corrected chi connectivity index (χ1v) is 21.9. The molecule has 282 valence electrons. The van der Waals surface area contributed by atoms with Crippen molar-refractivity contribution in [3.63, 3.8) is 0 Å². The zero-order valence-electron chi connectivity index (χ0n) is 33.4. The van der Waals surface area contributed by atoms with E-state index in [1.54, 1.807) is 5.57 Å². The van der Waals surface area contributed by atoms with Gasteiger partial charge in [-0.2, -0.15) is 0 Å². The van der Waals surface area contributed by atoms with Gasteiger partial charge in [0.2, 0.25) is 0 Å². The van der Waals surface area contributed by atoms with Crippen LogP contribution in [-0.4, -0.2) is 18.9 Å². The Morgan fingerprint density at radius 2 is 1.47 bits per heavy atom. The van der Waals surface area contributed by atoms with Gasteiger partial charge in [0, 0.05) is 6.42 Å². The van der Waals surface area contributed by atoms with Gasteiger partial charge in [0.1, 0.15) is 6.10 Å². The highest BCUT2D eigenvalue weighted by atomic mass is 16.7. The van der Waals surface area contributed by atoms with E-state index in [2.05, 4.69) is 59.8 Å². The zero-order chi connectivity index (χ0) is 35.1. The summed E-state index contributed by atoms with van der Waals surface area (Å²) in [5, 5.41) is 0. The number of allylic oxidation sites excluding steroid dienone is 3. The zero-order valence-corrected chi connectivity index (χ0v) is 33.4. The van der Waals surface area contributed by atoms with Gasteiger partial charge >= 0.3 is 6.16 Å². The van der Waals surface area contributed by atoms with Crippen LogP contribution in [-0.2, 0) is 9.47 Å². The fourth-order valence-electron chi connectivity index (χ4n) is 11.4. The quantitative estimate of drug-likeness (QED) is 0.0648. The predicted molar refractivity (Wildman–Crippen MR) is 209 cm³/mol. The van der Waals surface area contributed by atoms with E-state index in [9.17, 15) is 4.79 Å². The average Bonchev–Trinajstić information content (AvgIpc) is 3.43. The summed E-state index contributed by atoms with van der Waals surface area (Å²) in [6, 6.07) is 0. The summed E-state index contributed by atoms with van der Waals surface area (Å²) in [6.45, 7) is 15.4. The summed E-state index contributed by atoms with van der Waals surface area (Å²) in [5.74, 6) is 5.15. The highest BCUT2D eigenvalue weighted by Gasteiger charge is 2.59. The van der Waals surface area contributed by atoms with Crippen LogP contribution < -0.4 is 0 Å². The lowest BCUT2D eigenvalue weighted by Gasteiger charge is -2.58. The van der Waals surface area contributed by atoms with Crippen LogP contribution in [0.4, 0.5) is 4.79 Å². The number of fused-ring (bicyclic) bond motifs is 5. The molecule has 0 saturated heterocycles. The van der Waals surface area contributed by atoms with Crippen molar-refractivity contribution in [2.24, 2.45) is 46.3 Å². The summed E-state index contributed by atoms with van der Waals surface area (Å²) < 4.78 is 11.5. The highest BCUT2D eigenvalue weighted by Crippen LogP contribution is 2.67. The smallest absolute Gasteiger partial charge is 0.434 e. The third-order valence-electron chi connectivity index (χ3n) is 14.4. The molecule has 3 heteroatoms. The highest BCUT2D eigenvalue weighted by molar-refractivity contribution is 5.60. The Morgan fingerprint density at radius 1 is 0.796 bits per heavy atom. The molecule has 4 rings (SSSR count). The molecule has 0 heterocycles. The minimum atomic E-state index is -0.441. The predicted octanol–water partition coefficient (Wildman–Crippen LogP) is 14.6. The van der Waals surface area contributed by atoms with Crippen LogP contribution in [0.15, 0.2) is 23.8 Å². The third-order valence-corrected chi connectivity index (χ3v) is 14.4.